The van der Waals surface area contributed by atoms with E-state index in [9.17, 15) is 151 Å². The van der Waals surface area contributed by atoms with E-state index >= 15 is 0 Å². The van der Waals surface area contributed by atoms with Crippen LogP contribution in [0.5, 0.6) is 0 Å². The van der Waals surface area contributed by atoms with E-state index in [2.05, 4.69) is 47.3 Å². The molecule has 0 aromatic heterocycles. The monoisotopic (exact) mass is 2080 g/mol. The highest BCUT2D eigenvalue weighted by Gasteiger charge is 2.65. The Morgan fingerprint density at radius 3 is 1.22 bits per heavy atom. The third-order valence-corrected chi connectivity index (χ3v) is 27.4. The number of hydrogen-bond donors (Lipinski definition) is 28. The summed E-state index contributed by atoms with van der Waals surface area (Å²) in [5.74, 6) is -15.3. The van der Waals surface area contributed by atoms with Crippen molar-refractivity contribution in [2.24, 2.45) is 0 Å². The zero-order valence-electron chi connectivity index (χ0n) is 83.3. The Hall–Kier alpha value is -5.14. The molecule has 144 heavy (non-hydrogen) atoms. The van der Waals surface area contributed by atoms with Gasteiger partial charge in [-0.3, -0.25) is 19.2 Å². The molecular weight excluding hydrogens is 1910 g/mol. The number of carboxylic acids is 2. The van der Waals surface area contributed by atoms with Gasteiger partial charge in [-0.15, -0.1) is 0 Å². The van der Waals surface area contributed by atoms with Crippen LogP contribution in [0.4, 0.5) is 0 Å². The second-order valence-corrected chi connectivity index (χ2v) is 38.8. The van der Waals surface area contributed by atoms with Gasteiger partial charge in [-0.05, 0) is 44.9 Å². The number of aliphatic hydroxyl groups excluding tert-OH is 22. The van der Waals surface area contributed by atoms with Crippen molar-refractivity contribution in [3.8, 4) is 0 Å². The molecule has 14 unspecified atom stereocenters. The second kappa shape index (κ2) is 64.6. The fraction of sp³-hybridized carbons (Fsp3) is 0.896. The molecule has 4 amide bonds. The average Bonchev–Trinajstić information content (AvgIpc) is 0.738. The van der Waals surface area contributed by atoms with E-state index in [-0.39, 0.29) is 6.42 Å². The minimum absolute atomic E-state index is 0.0616. The molecular formula is C96H168N4O44. The van der Waals surface area contributed by atoms with Crippen molar-refractivity contribution in [3.05, 3.63) is 24.3 Å². The number of rotatable bonds is 67. The molecule has 7 rings (SSSR count). The summed E-state index contributed by atoms with van der Waals surface area (Å²) in [6.45, 7) is -2.44. The summed E-state index contributed by atoms with van der Waals surface area (Å²) in [4.78, 5) is 81.2. The molecule has 7 heterocycles. The molecule has 7 fully saturated rings. The van der Waals surface area contributed by atoms with Crippen LogP contribution >= 0.6 is 0 Å². The number of allylic oxidation sites excluding steroid dienone is 3. The number of carbonyl (C=O) groups is 6. The predicted molar refractivity (Wildman–Crippen MR) is 500 cm³/mol. The van der Waals surface area contributed by atoms with Gasteiger partial charge in [-0.2, -0.15) is 0 Å². The van der Waals surface area contributed by atoms with E-state index in [1.54, 1.807) is 6.08 Å². The molecule has 0 aromatic rings. The van der Waals surface area contributed by atoms with Crippen molar-refractivity contribution >= 4 is 35.6 Å². The summed E-state index contributed by atoms with van der Waals surface area (Å²) in [5.41, 5.74) is 0. The summed E-state index contributed by atoms with van der Waals surface area (Å²) in [7, 11) is 0. The molecule has 39 atom stereocenters. The van der Waals surface area contributed by atoms with Crippen LogP contribution in [0.15, 0.2) is 24.3 Å². The lowest BCUT2D eigenvalue weighted by Gasteiger charge is -2.53. The largest absolute Gasteiger partial charge is 0.477 e. The maximum atomic E-state index is 14.6. The number of aliphatic carboxylic acids is 2. The molecule has 0 aromatic carbocycles. The summed E-state index contributed by atoms with van der Waals surface area (Å²) in [6, 6.07) is -7.38. The van der Waals surface area contributed by atoms with E-state index < -0.39 is 339 Å². The van der Waals surface area contributed by atoms with Gasteiger partial charge in [-0.25, -0.2) is 9.59 Å². The smallest absolute Gasteiger partial charge is 0.364 e. The van der Waals surface area contributed by atoms with Crippen LogP contribution in [0, 0.1) is 0 Å². The molecule has 0 spiro atoms. The first-order chi connectivity index (χ1) is 68.8. The van der Waals surface area contributed by atoms with Gasteiger partial charge in [0, 0.05) is 40.0 Å². The van der Waals surface area contributed by atoms with Gasteiger partial charge in [-0.1, -0.05) is 192 Å². The molecule has 0 aliphatic carbocycles. The Balaban J connectivity index is 1.19. The van der Waals surface area contributed by atoms with E-state index in [1.165, 1.54) is 102 Å². The van der Waals surface area contributed by atoms with Crippen molar-refractivity contribution in [3.63, 3.8) is 0 Å². The summed E-state index contributed by atoms with van der Waals surface area (Å²) in [6.07, 6.45) is -35.4. The molecule has 48 nitrogen and oxygen atoms in total. The fourth-order valence-electron chi connectivity index (χ4n) is 19.1. The number of nitrogens with one attached hydrogen (secondary N) is 4. The number of amides is 4. The first-order valence-electron chi connectivity index (χ1n) is 51.4. The molecule has 7 aliphatic rings. The molecule has 28 N–H and O–H groups in total. The minimum atomic E-state index is -3.76. The summed E-state index contributed by atoms with van der Waals surface area (Å²) < 4.78 is 84.2. The van der Waals surface area contributed by atoms with Crippen molar-refractivity contribution in [1.29, 1.82) is 0 Å². The van der Waals surface area contributed by atoms with Crippen LogP contribution in [0.1, 0.15) is 253 Å². The molecule has 0 saturated carbocycles. The Morgan fingerprint density at radius 2 is 0.750 bits per heavy atom. The maximum absolute atomic E-state index is 14.6. The lowest BCUT2D eigenvalue weighted by Crippen LogP contribution is -2.73. The first-order valence-corrected chi connectivity index (χ1v) is 51.4. The molecule has 0 radical (unpaired) electrons. The van der Waals surface area contributed by atoms with Gasteiger partial charge in [0.2, 0.25) is 23.6 Å². The average molecular weight is 2080 g/mol. The fourth-order valence-corrected chi connectivity index (χ4v) is 19.1. The van der Waals surface area contributed by atoms with Crippen LogP contribution in [0.3, 0.4) is 0 Å². The minimum Gasteiger partial charge on any atom is -0.477 e. The molecule has 7 aliphatic heterocycles. The highest BCUT2D eigenvalue weighted by Crippen LogP contribution is 2.44. The number of carboxylic acid groups (broad SMARTS) is 2. The van der Waals surface area contributed by atoms with Crippen LogP contribution in [-0.4, -0.2) is 449 Å². The highest BCUT2D eigenvalue weighted by atomic mass is 16.8. The SMILES string of the molecule is CCCCCCCC/C=C\CCCCCCCCCCCCCC(=O)N[C@@H](CO[C@@H]1OC(CO)[C@@H](O[C@@H]2OC(CO)[C@H](O[C@@H]3OC(CO)[C@H](O)[C@H](O[C@@H]4OC(CO)[C@H](O)[C@H](O[C@H]5OC(CO)[C@H](O)[C@H](O)C5O)C4O)C3NC(C)=O)[C@H](O[C@]3(C(=O)O)CC(O)[C@@H](NC(C)=O)C([C@H](O)[C@@H](CO)O[C@]4(C(=O)O)CC(O)[C@@H](NC(C)=O)C([C@H](O)[C@H](O)CO)O4)O3)C2O)[C@H](O)C1O)[C@H](O)/C=C/CCCCCCCCCCCCC. The standard InChI is InChI=1S/C96H168N4O44/c1-6-8-10-12-14-16-18-20-21-22-23-24-25-26-27-29-31-33-35-37-39-41-66(115)100-55(56(111)40-38-36-34-32-30-28-19-17-15-13-11-9-7-2)51-131-89-78(124)76(122)81(64(49-106)135-89)137-92-80(126)87(144-96(94(129)130)43-58(113)68(98-53(4)109)85(143-96)74(120)63(48-105)141-95(93(127)128)42-57(112)67(97-52(3)108)84(142-95)70(116)59(114)44-101)82(65(50-107)136-92)138-88-69(99-54(5)110)83(72(118)61(46-103)132-88)139-91-79(125)86(73(119)62(47-104)134-91)140-90-77(123)75(121)71(117)60(45-102)133-90/h20-21,38,40,55-65,67-92,101-107,111-114,116-126H,6-19,22-37,39,41-51H2,1-5H3,(H,97,108)(H,98,109)(H,99,110)(H,100,115)(H,127,128)(H,129,130)/b21-20-,40-38+/t55-,56+,57?,58?,59+,60?,61?,62?,63+,64?,65?,67+,68+,69?,70+,71-,72-,73-,74+,75-,76+,77?,78?,79?,80?,81+,82-,83+,84?,85?,86-,87+,88-,89+,90+,91-,92-,95+,96-/m0/s1. The van der Waals surface area contributed by atoms with Crippen LogP contribution in [0.25, 0.3) is 0 Å². The third kappa shape index (κ3) is 36.8. The zero-order chi connectivity index (χ0) is 106. The Morgan fingerprint density at radius 1 is 0.375 bits per heavy atom. The molecule has 48 heteroatoms. The summed E-state index contributed by atoms with van der Waals surface area (Å²) >= 11 is 0. The Bertz CT molecular complexity index is 3710. The lowest BCUT2D eigenvalue weighted by atomic mass is 9.87. The molecule has 7 saturated heterocycles. The molecule has 0 bridgehead atoms. The van der Waals surface area contributed by atoms with Gasteiger partial charge >= 0.3 is 11.9 Å². The number of carbonyl (C=O) groups excluding carboxylic acids is 4. The maximum Gasteiger partial charge on any atom is 0.364 e. The first kappa shape index (κ1) is 126. The number of aliphatic hydroxyl groups is 22. The van der Waals surface area contributed by atoms with Gasteiger partial charge in [0.25, 0.3) is 11.6 Å². The van der Waals surface area contributed by atoms with Crippen molar-refractivity contribution < 1.29 is 218 Å². The zero-order valence-corrected chi connectivity index (χ0v) is 83.3. The third-order valence-electron chi connectivity index (χ3n) is 27.4. The van der Waals surface area contributed by atoms with E-state index in [0.29, 0.717) is 12.8 Å². The quantitative estimate of drug-likeness (QED) is 0.0204. The van der Waals surface area contributed by atoms with Gasteiger partial charge in [0.15, 0.2) is 31.5 Å². The topological polar surface area (TPSA) is 765 Å². The Kier molecular flexibility index (Phi) is 56.5. The van der Waals surface area contributed by atoms with Crippen molar-refractivity contribution in [2.45, 2.75) is 491 Å². The van der Waals surface area contributed by atoms with Crippen LogP contribution in [0.2, 0.25) is 0 Å². The number of hydrogen-bond acceptors (Lipinski definition) is 42. The second-order valence-electron chi connectivity index (χ2n) is 38.8. The predicted octanol–water partition coefficient (Wildman–Crippen LogP) is -3.93. The van der Waals surface area contributed by atoms with E-state index in [0.717, 1.165) is 111 Å². The number of ether oxygens (including phenoxy) is 14. The van der Waals surface area contributed by atoms with Gasteiger partial charge in [0.1, 0.15) is 159 Å². The van der Waals surface area contributed by atoms with Gasteiger partial charge in [0.05, 0.1) is 89.3 Å². The number of unbranched alkanes of at least 4 members (excludes halogenated alkanes) is 28. The summed E-state index contributed by atoms with van der Waals surface area (Å²) in [5, 5.41) is 283. The normalized spacial score (nSPS) is 35.7. The highest BCUT2D eigenvalue weighted by molar-refractivity contribution is 5.78. The van der Waals surface area contributed by atoms with E-state index in [4.69, 9.17) is 66.3 Å². The Labute approximate surface area is 839 Å². The van der Waals surface area contributed by atoms with Crippen molar-refractivity contribution in [2.75, 3.05) is 52.9 Å². The van der Waals surface area contributed by atoms with Gasteiger partial charge < -0.3 is 210 Å². The van der Waals surface area contributed by atoms with Crippen LogP contribution < -0.4 is 21.3 Å². The van der Waals surface area contributed by atoms with Crippen LogP contribution in [-0.2, 0) is 95.1 Å². The lowest BCUT2D eigenvalue weighted by molar-refractivity contribution is -0.405. The van der Waals surface area contributed by atoms with E-state index in [1.807, 2.05) is 0 Å². The van der Waals surface area contributed by atoms with Crippen molar-refractivity contribution in [1.82, 2.24) is 21.3 Å². The molecule has 836 valence electrons.